The Labute approximate surface area is 153 Å². The van der Waals surface area contributed by atoms with E-state index >= 15 is 0 Å². The third-order valence-corrected chi connectivity index (χ3v) is 5.07. The zero-order chi connectivity index (χ0) is 17.9. The number of nitrogens with one attached hydrogen (secondary N) is 1. The summed E-state index contributed by atoms with van der Waals surface area (Å²) in [6, 6.07) is 8.51. The van der Waals surface area contributed by atoms with Gasteiger partial charge in [-0.2, -0.15) is 5.10 Å². The van der Waals surface area contributed by atoms with Gasteiger partial charge in [-0.1, -0.05) is 18.2 Å². The number of aryl methyl sites for hydroxylation is 1. The Hall–Kier alpha value is -2.67. The van der Waals surface area contributed by atoms with E-state index in [0.717, 1.165) is 42.2 Å². The van der Waals surface area contributed by atoms with E-state index in [-0.39, 0.29) is 6.04 Å². The molecule has 7 heteroatoms. The zero-order valence-electron chi connectivity index (χ0n) is 15.2. The fourth-order valence-corrected chi connectivity index (χ4v) is 3.73. The molecule has 0 bridgehead atoms. The second-order valence-corrected chi connectivity index (χ2v) is 6.61. The van der Waals surface area contributed by atoms with Crippen LogP contribution in [0.1, 0.15) is 24.4 Å². The number of hydrogen-bond donors (Lipinski definition) is 1. The molecule has 1 aliphatic heterocycles. The maximum Gasteiger partial charge on any atom is 0.163 e. The molecule has 0 aliphatic carbocycles. The first-order valence-electron chi connectivity index (χ1n) is 9.01. The van der Waals surface area contributed by atoms with Gasteiger partial charge in [0.2, 0.25) is 0 Å². The molecule has 1 aliphatic rings. The van der Waals surface area contributed by atoms with Crippen molar-refractivity contribution in [2.45, 2.75) is 18.9 Å². The van der Waals surface area contributed by atoms with Gasteiger partial charge < -0.3 is 10.1 Å². The van der Waals surface area contributed by atoms with E-state index in [1.807, 2.05) is 25.4 Å². The van der Waals surface area contributed by atoms with E-state index in [9.17, 15) is 0 Å². The Morgan fingerprint density at radius 2 is 2.00 bits per heavy atom. The van der Waals surface area contributed by atoms with Gasteiger partial charge in [-0.25, -0.2) is 9.97 Å². The number of rotatable bonds is 6. The van der Waals surface area contributed by atoms with Crippen molar-refractivity contribution in [3.63, 3.8) is 0 Å². The van der Waals surface area contributed by atoms with Crippen molar-refractivity contribution >= 4 is 16.9 Å². The standard InChI is InChI=1S/C19H24N6O/c1-24-19-15(11-23-24)18(21-13-22-19)20-12-16(25-9-5-6-10-25)14-7-3-4-8-17(14)26-2/h3-4,7-8,11,13,16H,5-6,9-10,12H2,1-2H3,(H,20,21,22)/t16-/m1/s1. The lowest BCUT2D eigenvalue weighted by atomic mass is 10.0. The molecule has 3 heterocycles. The highest BCUT2D eigenvalue weighted by Gasteiger charge is 2.26. The molecule has 4 rings (SSSR count). The number of aromatic nitrogens is 4. The molecule has 0 amide bonds. The summed E-state index contributed by atoms with van der Waals surface area (Å²) in [7, 11) is 3.62. The molecule has 0 saturated carbocycles. The van der Waals surface area contributed by atoms with Crippen LogP contribution in [0.3, 0.4) is 0 Å². The summed E-state index contributed by atoms with van der Waals surface area (Å²) in [6.07, 6.45) is 5.88. The SMILES string of the molecule is COc1ccccc1[C@@H](CNc1ncnc2c1cnn2C)N1CCCC1. The molecule has 1 saturated heterocycles. The van der Waals surface area contributed by atoms with E-state index in [4.69, 9.17) is 4.74 Å². The monoisotopic (exact) mass is 352 g/mol. The van der Waals surface area contributed by atoms with Crippen molar-refractivity contribution in [1.29, 1.82) is 0 Å². The third kappa shape index (κ3) is 3.10. The molecule has 3 aromatic rings. The molecular formula is C19H24N6O. The molecule has 1 atom stereocenters. The minimum atomic E-state index is 0.232. The van der Waals surface area contributed by atoms with Crippen molar-refractivity contribution in [1.82, 2.24) is 24.6 Å². The molecule has 2 aromatic heterocycles. The maximum absolute atomic E-state index is 5.62. The maximum atomic E-state index is 5.62. The van der Waals surface area contributed by atoms with E-state index < -0.39 is 0 Å². The van der Waals surface area contributed by atoms with Crippen LogP contribution in [-0.2, 0) is 7.05 Å². The summed E-state index contributed by atoms with van der Waals surface area (Å²) < 4.78 is 7.38. The molecular weight excluding hydrogens is 328 g/mol. The number of benzene rings is 1. The first-order valence-corrected chi connectivity index (χ1v) is 9.01. The fraction of sp³-hybridized carbons (Fsp3) is 0.421. The summed E-state index contributed by atoms with van der Waals surface area (Å²) in [4.78, 5) is 11.3. The average molecular weight is 352 g/mol. The highest BCUT2D eigenvalue weighted by Crippen LogP contribution is 2.32. The number of para-hydroxylation sites is 1. The smallest absolute Gasteiger partial charge is 0.163 e. The number of methoxy groups -OCH3 is 1. The van der Waals surface area contributed by atoms with Crippen LogP contribution in [0.25, 0.3) is 11.0 Å². The largest absolute Gasteiger partial charge is 0.496 e. The Balaban J connectivity index is 1.62. The van der Waals surface area contributed by atoms with Gasteiger partial charge in [0.05, 0.1) is 24.7 Å². The summed E-state index contributed by atoms with van der Waals surface area (Å²) in [5.41, 5.74) is 2.04. The minimum Gasteiger partial charge on any atom is -0.496 e. The van der Waals surface area contributed by atoms with Crippen LogP contribution in [0.15, 0.2) is 36.8 Å². The Morgan fingerprint density at radius 1 is 1.19 bits per heavy atom. The Kier molecular flexibility index (Phi) is 4.71. The molecule has 26 heavy (non-hydrogen) atoms. The lowest BCUT2D eigenvalue weighted by Crippen LogP contribution is -2.31. The average Bonchev–Trinajstić information content (AvgIpc) is 3.33. The third-order valence-electron chi connectivity index (χ3n) is 5.07. The van der Waals surface area contributed by atoms with Gasteiger partial charge in [-0.3, -0.25) is 9.58 Å². The normalized spacial score (nSPS) is 16.1. The first-order chi connectivity index (χ1) is 12.8. The van der Waals surface area contributed by atoms with E-state index in [2.05, 4.69) is 37.4 Å². The Morgan fingerprint density at radius 3 is 2.81 bits per heavy atom. The van der Waals surface area contributed by atoms with Crippen LogP contribution in [0.2, 0.25) is 0 Å². The molecule has 1 aromatic carbocycles. The quantitative estimate of drug-likeness (QED) is 0.735. The predicted molar refractivity (Wildman–Crippen MR) is 101 cm³/mol. The number of ether oxygens (including phenoxy) is 1. The highest BCUT2D eigenvalue weighted by atomic mass is 16.5. The molecule has 0 radical (unpaired) electrons. The van der Waals surface area contributed by atoms with Crippen molar-refractivity contribution in [3.8, 4) is 5.75 Å². The zero-order valence-corrected chi connectivity index (χ0v) is 15.2. The summed E-state index contributed by atoms with van der Waals surface area (Å²) in [5, 5.41) is 8.76. The van der Waals surface area contributed by atoms with Crippen LogP contribution < -0.4 is 10.1 Å². The van der Waals surface area contributed by atoms with Crippen LogP contribution in [0.4, 0.5) is 5.82 Å². The fourth-order valence-electron chi connectivity index (χ4n) is 3.73. The number of nitrogens with zero attached hydrogens (tertiary/aromatic N) is 5. The van der Waals surface area contributed by atoms with Gasteiger partial charge in [0.25, 0.3) is 0 Å². The van der Waals surface area contributed by atoms with Crippen LogP contribution >= 0.6 is 0 Å². The molecule has 0 unspecified atom stereocenters. The molecule has 0 spiro atoms. The van der Waals surface area contributed by atoms with Crippen molar-refractivity contribution in [3.05, 3.63) is 42.4 Å². The Bertz CT molecular complexity index is 887. The lowest BCUT2D eigenvalue weighted by molar-refractivity contribution is 0.249. The van der Waals surface area contributed by atoms with Crippen molar-refractivity contribution < 1.29 is 4.74 Å². The van der Waals surface area contributed by atoms with Crippen LogP contribution in [0.5, 0.6) is 5.75 Å². The molecule has 1 fully saturated rings. The van der Waals surface area contributed by atoms with Crippen LogP contribution in [0, 0.1) is 0 Å². The van der Waals surface area contributed by atoms with E-state index in [0.29, 0.717) is 0 Å². The summed E-state index contributed by atoms with van der Waals surface area (Å²) >= 11 is 0. The summed E-state index contributed by atoms with van der Waals surface area (Å²) in [6.45, 7) is 2.97. The lowest BCUT2D eigenvalue weighted by Gasteiger charge is -2.29. The van der Waals surface area contributed by atoms with E-state index in [1.165, 1.54) is 18.4 Å². The molecule has 7 nitrogen and oxygen atoms in total. The second kappa shape index (κ2) is 7.29. The highest BCUT2D eigenvalue weighted by molar-refractivity contribution is 5.85. The molecule has 1 N–H and O–H groups in total. The van der Waals surface area contributed by atoms with E-state index in [1.54, 1.807) is 18.1 Å². The second-order valence-electron chi connectivity index (χ2n) is 6.61. The van der Waals surface area contributed by atoms with Gasteiger partial charge in [0.15, 0.2) is 5.65 Å². The number of anilines is 1. The van der Waals surface area contributed by atoms with Gasteiger partial charge in [-0.15, -0.1) is 0 Å². The predicted octanol–water partition coefficient (Wildman–Crippen LogP) is 2.62. The topological polar surface area (TPSA) is 68.1 Å². The van der Waals surface area contributed by atoms with Crippen LogP contribution in [-0.4, -0.2) is 51.4 Å². The van der Waals surface area contributed by atoms with Crippen molar-refractivity contribution in [2.75, 3.05) is 32.1 Å². The minimum absolute atomic E-state index is 0.232. The molecule has 136 valence electrons. The van der Waals surface area contributed by atoms with Gasteiger partial charge >= 0.3 is 0 Å². The van der Waals surface area contributed by atoms with Gasteiger partial charge in [0, 0.05) is 19.2 Å². The summed E-state index contributed by atoms with van der Waals surface area (Å²) in [5.74, 6) is 1.75. The first kappa shape index (κ1) is 16.8. The van der Waals surface area contributed by atoms with Gasteiger partial charge in [0.1, 0.15) is 17.9 Å². The number of likely N-dealkylation sites (tertiary alicyclic amines) is 1. The van der Waals surface area contributed by atoms with Gasteiger partial charge in [-0.05, 0) is 32.0 Å². The number of fused-ring (bicyclic) bond motifs is 1. The number of hydrogen-bond acceptors (Lipinski definition) is 6. The van der Waals surface area contributed by atoms with Crippen molar-refractivity contribution in [2.24, 2.45) is 7.05 Å².